The fraction of sp³-hybridized carbons (Fsp3) is 0.133. The van der Waals surface area contributed by atoms with Crippen LogP contribution < -0.4 is 4.74 Å². The van der Waals surface area contributed by atoms with Crippen molar-refractivity contribution >= 4 is 33.3 Å². The summed E-state index contributed by atoms with van der Waals surface area (Å²) >= 11 is 9.41. The highest BCUT2D eigenvalue weighted by Crippen LogP contribution is 2.31. The van der Waals surface area contributed by atoms with E-state index in [9.17, 15) is 4.79 Å². The van der Waals surface area contributed by atoms with Crippen molar-refractivity contribution in [3.8, 4) is 11.5 Å². The predicted octanol–water partition coefficient (Wildman–Crippen LogP) is 5.49. The molecule has 2 nitrogen and oxygen atoms in total. The van der Waals surface area contributed by atoms with Crippen LogP contribution in [0, 0.1) is 0 Å². The second-order valence-corrected chi connectivity index (χ2v) is 5.30. The summed E-state index contributed by atoms with van der Waals surface area (Å²) in [4.78, 5) is 11.5. The largest absolute Gasteiger partial charge is 0.456 e. The van der Waals surface area contributed by atoms with Crippen molar-refractivity contribution in [1.82, 2.24) is 0 Å². The lowest BCUT2D eigenvalue weighted by molar-refractivity contribution is 0.0988. The molecule has 4 heteroatoms. The van der Waals surface area contributed by atoms with Gasteiger partial charge in [0.1, 0.15) is 11.5 Å². The van der Waals surface area contributed by atoms with Crippen molar-refractivity contribution in [2.45, 2.75) is 13.3 Å². The molecule has 2 aromatic carbocycles. The number of ketones is 1. The summed E-state index contributed by atoms with van der Waals surface area (Å²) in [7, 11) is 0. The average Bonchev–Trinajstić information content (AvgIpc) is 2.42. The first-order valence-electron chi connectivity index (χ1n) is 5.86. The number of carbonyl (C=O) groups excluding carboxylic acids is 1. The van der Waals surface area contributed by atoms with Crippen LogP contribution in [0.4, 0.5) is 0 Å². The normalized spacial score (nSPS) is 10.3. The van der Waals surface area contributed by atoms with Crippen LogP contribution in [0.2, 0.25) is 5.02 Å². The first kappa shape index (κ1) is 14.1. The van der Waals surface area contributed by atoms with Gasteiger partial charge < -0.3 is 4.74 Å². The third-order valence-electron chi connectivity index (χ3n) is 2.62. The maximum absolute atomic E-state index is 11.5. The van der Waals surface area contributed by atoms with Crippen LogP contribution in [0.5, 0.6) is 11.5 Å². The van der Waals surface area contributed by atoms with Gasteiger partial charge in [-0.2, -0.15) is 0 Å². The fourth-order valence-corrected chi connectivity index (χ4v) is 2.31. The Hall–Kier alpha value is -1.32. The van der Waals surface area contributed by atoms with E-state index in [0.29, 0.717) is 28.5 Å². The minimum absolute atomic E-state index is 0.119. The van der Waals surface area contributed by atoms with Crippen LogP contribution in [-0.2, 0) is 0 Å². The number of ether oxygens (including phenoxy) is 1. The van der Waals surface area contributed by atoms with E-state index in [2.05, 4.69) is 15.9 Å². The van der Waals surface area contributed by atoms with E-state index < -0.39 is 0 Å². The Balaban J connectivity index is 2.17. The number of benzene rings is 2. The summed E-state index contributed by atoms with van der Waals surface area (Å²) in [6.07, 6.45) is 0.499. The molecule has 0 fully saturated rings. The summed E-state index contributed by atoms with van der Waals surface area (Å²) in [6.45, 7) is 1.84. The van der Waals surface area contributed by atoms with Crippen molar-refractivity contribution in [3.63, 3.8) is 0 Å². The van der Waals surface area contributed by atoms with E-state index in [-0.39, 0.29) is 5.78 Å². The molecule has 0 atom stereocenters. The third-order valence-corrected chi connectivity index (χ3v) is 3.41. The van der Waals surface area contributed by atoms with E-state index in [1.54, 1.807) is 36.4 Å². The molecule has 0 heterocycles. The monoisotopic (exact) mass is 338 g/mol. The number of rotatable bonds is 4. The maximum Gasteiger partial charge on any atom is 0.162 e. The number of hydrogen-bond donors (Lipinski definition) is 0. The molecule has 0 aliphatic heterocycles. The molecule has 0 amide bonds. The quantitative estimate of drug-likeness (QED) is 0.689. The molecule has 0 bridgehead atoms. The Morgan fingerprint density at radius 1 is 1.21 bits per heavy atom. The Labute approximate surface area is 125 Å². The average molecular weight is 340 g/mol. The van der Waals surface area contributed by atoms with E-state index >= 15 is 0 Å². The Morgan fingerprint density at radius 2 is 1.89 bits per heavy atom. The van der Waals surface area contributed by atoms with E-state index in [4.69, 9.17) is 16.3 Å². The van der Waals surface area contributed by atoms with Gasteiger partial charge in [0.2, 0.25) is 0 Å². The fourth-order valence-electron chi connectivity index (χ4n) is 1.60. The first-order valence-corrected chi connectivity index (χ1v) is 7.03. The zero-order valence-corrected chi connectivity index (χ0v) is 12.7. The van der Waals surface area contributed by atoms with Crippen LogP contribution in [0.15, 0.2) is 46.9 Å². The molecular formula is C15H12BrClO2. The zero-order chi connectivity index (χ0) is 13.8. The summed E-state index contributed by atoms with van der Waals surface area (Å²) in [6, 6.07) is 12.5. The minimum atomic E-state index is 0.119. The van der Waals surface area contributed by atoms with Gasteiger partial charge in [-0.25, -0.2) is 0 Å². The Morgan fingerprint density at radius 3 is 2.47 bits per heavy atom. The first-order chi connectivity index (χ1) is 9.10. The van der Waals surface area contributed by atoms with E-state index in [1.807, 2.05) is 13.0 Å². The van der Waals surface area contributed by atoms with Gasteiger partial charge in [0.25, 0.3) is 0 Å². The van der Waals surface area contributed by atoms with Gasteiger partial charge in [-0.1, -0.05) is 34.5 Å². The molecular weight excluding hydrogens is 328 g/mol. The highest BCUT2D eigenvalue weighted by molar-refractivity contribution is 9.10. The number of carbonyl (C=O) groups is 1. The second-order valence-electron chi connectivity index (χ2n) is 3.98. The van der Waals surface area contributed by atoms with Crippen LogP contribution in [0.3, 0.4) is 0 Å². The van der Waals surface area contributed by atoms with Crippen molar-refractivity contribution in [1.29, 1.82) is 0 Å². The van der Waals surface area contributed by atoms with Crippen molar-refractivity contribution in [2.24, 2.45) is 0 Å². The molecule has 19 heavy (non-hydrogen) atoms. The number of hydrogen-bond acceptors (Lipinski definition) is 2. The van der Waals surface area contributed by atoms with Crippen molar-refractivity contribution in [2.75, 3.05) is 0 Å². The van der Waals surface area contributed by atoms with Gasteiger partial charge in [0.15, 0.2) is 5.78 Å². The van der Waals surface area contributed by atoms with Gasteiger partial charge in [-0.3, -0.25) is 4.79 Å². The molecule has 0 N–H and O–H groups in total. The number of halogens is 2. The summed E-state index contributed by atoms with van der Waals surface area (Å²) < 4.78 is 6.57. The number of Topliss-reactive ketones (excluding diaryl/α,β-unsaturated/α-hetero) is 1. The third kappa shape index (κ3) is 3.58. The lowest BCUT2D eigenvalue weighted by Gasteiger charge is -2.08. The Kier molecular flexibility index (Phi) is 4.61. The van der Waals surface area contributed by atoms with Gasteiger partial charge in [0.05, 0.1) is 5.02 Å². The summed E-state index contributed by atoms with van der Waals surface area (Å²) in [5.41, 5.74) is 0.691. The zero-order valence-electron chi connectivity index (χ0n) is 10.3. The van der Waals surface area contributed by atoms with Crippen molar-refractivity contribution < 1.29 is 9.53 Å². The van der Waals surface area contributed by atoms with Crippen LogP contribution in [-0.4, -0.2) is 5.78 Å². The highest BCUT2D eigenvalue weighted by atomic mass is 79.9. The molecule has 0 aliphatic carbocycles. The molecule has 98 valence electrons. The van der Waals surface area contributed by atoms with E-state index in [0.717, 1.165) is 4.47 Å². The highest BCUT2D eigenvalue weighted by Gasteiger charge is 2.06. The van der Waals surface area contributed by atoms with Gasteiger partial charge in [-0.15, -0.1) is 0 Å². The molecule has 0 unspecified atom stereocenters. The molecule has 0 aromatic heterocycles. The maximum atomic E-state index is 11.5. The standard InChI is InChI=1S/C15H12BrClO2/c1-2-14(18)10-3-6-12(7-4-10)19-15-8-5-11(16)9-13(15)17/h3-9H,2H2,1H3. The van der Waals surface area contributed by atoms with Crippen LogP contribution in [0.25, 0.3) is 0 Å². The molecule has 2 rings (SSSR count). The molecule has 0 radical (unpaired) electrons. The van der Waals surface area contributed by atoms with E-state index in [1.165, 1.54) is 0 Å². The van der Waals surface area contributed by atoms with Gasteiger partial charge in [-0.05, 0) is 42.5 Å². The van der Waals surface area contributed by atoms with Crippen molar-refractivity contribution in [3.05, 3.63) is 57.5 Å². The Bertz CT molecular complexity index is 594. The lowest BCUT2D eigenvalue weighted by Crippen LogP contribution is -1.95. The SMILES string of the molecule is CCC(=O)c1ccc(Oc2ccc(Br)cc2Cl)cc1. The lowest BCUT2D eigenvalue weighted by atomic mass is 10.1. The van der Waals surface area contributed by atoms with Gasteiger partial charge in [0, 0.05) is 16.5 Å². The van der Waals surface area contributed by atoms with Crippen LogP contribution >= 0.6 is 27.5 Å². The smallest absolute Gasteiger partial charge is 0.162 e. The predicted molar refractivity (Wildman–Crippen MR) is 80.3 cm³/mol. The van der Waals surface area contributed by atoms with Gasteiger partial charge >= 0.3 is 0 Å². The summed E-state index contributed by atoms with van der Waals surface area (Å²) in [5.74, 6) is 1.35. The second kappa shape index (κ2) is 6.22. The van der Waals surface area contributed by atoms with Crippen LogP contribution in [0.1, 0.15) is 23.7 Å². The molecule has 0 saturated heterocycles. The topological polar surface area (TPSA) is 26.3 Å². The molecule has 2 aromatic rings. The molecule has 0 saturated carbocycles. The minimum Gasteiger partial charge on any atom is -0.456 e. The summed E-state index contributed by atoms with van der Waals surface area (Å²) in [5, 5.41) is 0.531. The molecule has 0 spiro atoms. The molecule has 0 aliphatic rings.